The SMILES string of the molecule is CC(C)CCC(c1nc2cc(C(=N)NO)ccc2[nH]1)n1c(=O)n(CC(=O)OC(C)(C)C)c2ccccc21. The molecule has 10 nitrogen and oxygen atoms in total. The van der Waals surface area contributed by atoms with E-state index in [1.807, 2.05) is 29.7 Å². The molecule has 2 heterocycles. The minimum atomic E-state index is -0.659. The number of carbonyl (C=O) groups excluding carboxylic acids is 1. The number of esters is 1. The number of fused-ring (bicyclic) bond motifs is 2. The quantitative estimate of drug-likeness (QED) is 0.121. The summed E-state index contributed by atoms with van der Waals surface area (Å²) in [5.74, 6) is 0.399. The zero-order valence-electron chi connectivity index (χ0n) is 21.8. The molecule has 196 valence electrons. The first kappa shape index (κ1) is 26.2. The number of para-hydroxylation sites is 2. The van der Waals surface area contributed by atoms with Crippen LogP contribution in [0.5, 0.6) is 0 Å². The number of rotatable bonds is 8. The number of aromatic amines is 1. The summed E-state index contributed by atoms with van der Waals surface area (Å²) in [6.07, 6.45) is 1.50. The zero-order chi connectivity index (χ0) is 26.9. The van der Waals surface area contributed by atoms with Crippen LogP contribution in [0.3, 0.4) is 0 Å². The Morgan fingerprint density at radius 1 is 1.16 bits per heavy atom. The zero-order valence-corrected chi connectivity index (χ0v) is 21.8. The molecule has 37 heavy (non-hydrogen) atoms. The van der Waals surface area contributed by atoms with Crippen molar-refractivity contribution in [2.75, 3.05) is 0 Å². The van der Waals surface area contributed by atoms with E-state index in [2.05, 4.69) is 18.8 Å². The van der Waals surface area contributed by atoms with Crippen molar-refractivity contribution in [2.45, 2.75) is 65.6 Å². The second-order valence-corrected chi connectivity index (χ2v) is 10.6. The highest BCUT2D eigenvalue weighted by Gasteiger charge is 2.26. The molecule has 1 atom stereocenters. The third kappa shape index (κ3) is 5.59. The second kappa shape index (κ2) is 10.2. The predicted molar refractivity (Wildman–Crippen MR) is 142 cm³/mol. The van der Waals surface area contributed by atoms with Crippen LogP contribution in [0.15, 0.2) is 47.3 Å². The number of imidazole rings is 2. The third-order valence-electron chi connectivity index (χ3n) is 6.12. The predicted octanol–water partition coefficient (Wildman–Crippen LogP) is 4.35. The van der Waals surface area contributed by atoms with Crippen molar-refractivity contribution in [3.8, 4) is 0 Å². The molecule has 0 fully saturated rings. The second-order valence-electron chi connectivity index (χ2n) is 10.6. The van der Waals surface area contributed by atoms with Crippen LogP contribution in [0.4, 0.5) is 0 Å². The summed E-state index contributed by atoms with van der Waals surface area (Å²) in [4.78, 5) is 34.7. The van der Waals surface area contributed by atoms with Crippen molar-refractivity contribution in [1.29, 1.82) is 5.41 Å². The van der Waals surface area contributed by atoms with Crippen molar-refractivity contribution in [2.24, 2.45) is 5.92 Å². The topological polar surface area (TPSA) is 138 Å². The van der Waals surface area contributed by atoms with Gasteiger partial charge in [-0.15, -0.1) is 0 Å². The molecular formula is C27H34N6O4. The fraction of sp³-hybridized carbons (Fsp3) is 0.407. The van der Waals surface area contributed by atoms with Gasteiger partial charge in [-0.2, -0.15) is 0 Å². The summed E-state index contributed by atoms with van der Waals surface area (Å²) < 4.78 is 8.66. The Labute approximate surface area is 214 Å². The highest BCUT2D eigenvalue weighted by Crippen LogP contribution is 2.29. The fourth-order valence-electron chi connectivity index (χ4n) is 4.47. The van der Waals surface area contributed by atoms with Crippen LogP contribution in [0.25, 0.3) is 22.1 Å². The van der Waals surface area contributed by atoms with Crippen LogP contribution >= 0.6 is 0 Å². The number of H-pyrrole nitrogens is 1. The smallest absolute Gasteiger partial charge is 0.330 e. The van der Waals surface area contributed by atoms with E-state index >= 15 is 0 Å². The largest absolute Gasteiger partial charge is 0.459 e. The molecule has 2 aromatic heterocycles. The van der Waals surface area contributed by atoms with E-state index in [1.54, 1.807) is 43.5 Å². The lowest BCUT2D eigenvalue weighted by molar-refractivity contribution is -0.155. The van der Waals surface area contributed by atoms with Gasteiger partial charge in [0.1, 0.15) is 23.8 Å². The molecule has 0 saturated carbocycles. The Bertz CT molecular complexity index is 1500. The molecule has 10 heteroatoms. The van der Waals surface area contributed by atoms with Crippen molar-refractivity contribution < 1.29 is 14.7 Å². The molecule has 4 rings (SSSR count). The Hall–Kier alpha value is -3.92. The van der Waals surface area contributed by atoms with Gasteiger partial charge in [-0.25, -0.2) is 9.78 Å². The van der Waals surface area contributed by atoms with Gasteiger partial charge in [0.2, 0.25) is 0 Å². The van der Waals surface area contributed by atoms with E-state index in [-0.39, 0.29) is 18.1 Å². The molecule has 0 aliphatic heterocycles. The molecular weight excluding hydrogens is 472 g/mol. The molecule has 4 aromatic rings. The number of hydrogen-bond acceptors (Lipinski definition) is 6. The Kier molecular flexibility index (Phi) is 7.22. The first-order valence-corrected chi connectivity index (χ1v) is 12.4. The van der Waals surface area contributed by atoms with Crippen LogP contribution in [-0.2, 0) is 16.1 Å². The number of aromatic nitrogens is 4. The molecule has 0 saturated heterocycles. The Balaban J connectivity index is 1.84. The maximum absolute atomic E-state index is 13.9. The standard InChI is InChI=1S/C27H34N6O4/c1-16(2)10-13-22(25-29-18-12-11-17(24(28)31-36)14-19(18)30-25)33-21-9-7-6-8-20(21)32(26(33)35)15-23(34)37-27(3,4)5/h6-9,11-12,14,16,22,36H,10,13,15H2,1-5H3,(H2,28,31)(H,29,30). The minimum absolute atomic E-state index is 0.135. The number of ether oxygens (including phenoxy) is 1. The summed E-state index contributed by atoms with van der Waals surface area (Å²) in [6, 6.07) is 12.2. The van der Waals surface area contributed by atoms with Gasteiger partial charge in [-0.1, -0.05) is 26.0 Å². The van der Waals surface area contributed by atoms with Gasteiger partial charge in [-0.3, -0.25) is 30.0 Å². The molecule has 0 bridgehead atoms. The van der Waals surface area contributed by atoms with Gasteiger partial charge in [0.25, 0.3) is 0 Å². The molecule has 0 amide bonds. The van der Waals surface area contributed by atoms with Gasteiger partial charge in [0.05, 0.1) is 28.1 Å². The minimum Gasteiger partial charge on any atom is -0.459 e. The van der Waals surface area contributed by atoms with Gasteiger partial charge >= 0.3 is 11.7 Å². The molecule has 1 unspecified atom stereocenters. The van der Waals surface area contributed by atoms with Gasteiger partial charge < -0.3 is 9.72 Å². The number of carbonyl (C=O) groups is 1. The highest BCUT2D eigenvalue weighted by atomic mass is 16.6. The van der Waals surface area contributed by atoms with Gasteiger partial charge in [-0.05, 0) is 69.9 Å². The van der Waals surface area contributed by atoms with E-state index in [9.17, 15) is 9.59 Å². The number of hydrogen-bond donors (Lipinski definition) is 4. The van der Waals surface area contributed by atoms with Gasteiger partial charge in [0, 0.05) is 5.56 Å². The average molecular weight is 507 g/mol. The normalized spacial score (nSPS) is 12.8. The first-order chi connectivity index (χ1) is 17.5. The van der Waals surface area contributed by atoms with Crippen LogP contribution < -0.4 is 11.2 Å². The summed E-state index contributed by atoms with van der Waals surface area (Å²) in [7, 11) is 0. The third-order valence-corrected chi connectivity index (χ3v) is 6.12. The van der Waals surface area contributed by atoms with Crippen LogP contribution in [0.1, 0.15) is 64.9 Å². The summed E-state index contributed by atoms with van der Waals surface area (Å²) in [5, 5.41) is 16.9. The number of hydroxylamine groups is 1. The maximum atomic E-state index is 13.9. The highest BCUT2D eigenvalue weighted by molar-refractivity contribution is 5.98. The molecule has 0 radical (unpaired) electrons. The Morgan fingerprint density at radius 2 is 1.86 bits per heavy atom. The first-order valence-electron chi connectivity index (χ1n) is 12.4. The lowest BCUT2D eigenvalue weighted by Crippen LogP contribution is -2.33. The van der Waals surface area contributed by atoms with E-state index < -0.39 is 17.6 Å². The van der Waals surface area contributed by atoms with E-state index in [0.717, 1.165) is 11.9 Å². The summed E-state index contributed by atoms with van der Waals surface area (Å²) in [6.45, 7) is 9.45. The van der Waals surface area contributed by atoms with Crippen LogP contribution in [0.2, 0.25) is 0 Å². The number of amidine groups is 1. The van der Waals surface area contributed by atoms with Crippen LogP contribution in [-0.4, -0.2) is 41.7 Å². The van der Waals surface area contributed by atoms with Crippen molar-refractivity contribution >= 4 is 33.9 Å². The van der Waals surface area contributed by atoms with Gasteiger partial charge in [0.15, 0.2) is 0 Å². The van der Waals surface area contributed by atoms with Crippen molar-refractivity contribution in [1.82, 2.24) is 24.6 Å². The summed E-state index contributed by atoms with van der Waals surface area (Å²) >= 11 is 0. The molecule has 2 aromatic carbocycles. The monoisotopic (exact) mass is 506 g/mol. The fourth-order valence-corrected chi connectivity index (χ4v) is 4.47. The maximum Gasteiger partial charge on any atom is 0.330 e. The van der Waals surface area contributed by atoms with E-state index in [0.29, 0.717) is 40.3 Å². The lowest BCUT2D eigenvalue weighted by atomic mass is 10.0. The van der Waals surface area contributed by atoms with Crippen LogP contribution in [0, 0.1) is 11.3 Å². The Morgan fingerprint density at radius 3 is 2.51 bits per heavy atom. The number of benzene rings is 2. The van der Waals surface area contributed by atoms with E-state index in [4.69, 9.17) is 20.3 Å². The molecule has 0 aliphatic rings. The van der Waals surface area contributed by atoms with E-state index in [1.165, 1.54) is 4.57 Å². The molecule has 0 spiro atoms. The number of nitrogens with zero attached hydrogens (tertiary/aromatic N) is 3. The lowest BCUT2D eigenvalue weighted by Gasteiger charge is -2.19. The average Bonchev–Trinajstić information content (AvgIpc) is 3.37. The van der Waals surface area contributed by atoms with Crippen molar-refractivity contribution in [3.63, 3.8) is 0 Å². The number of nitrogens with one attached hydrogen (secondary N) is 3. The molecule has 0 aliphatic carbocycles. The summed E-state index contributed by atoms with van der Waals surface area (Å²) in [5.41, 5.74) is 4.09. The van der Waals surface area contributed by atoms with Crippen molar-refractivity contribution in [3.05, 3.63) is 64.3 Å². The molecule has 4 N–H and O–H groups in total.